The first kappa shape index (κ1) is 17.2. The summed E-state index contributed by atoms with van der Waals surface area (Å²) < 4.78 is 0. The number of aliphatic hydroxyl groups is 1. The van der Waals surface area contributed by atoms with Crippen molar-refractivity contribution in [3.8, 4) is 0 Å². The number of nitrogens with zero attached hydrogens (tertiary/aromatic N) is 2. The first-order valence-electron chi connectivity index (χ1n) is 8.49. The van der Waals surface area contributed by atoms with Crippen molar-refractivity contribution in [3.63, 3.8) is 0 Å². The van der Waals surface area contributed by atoms with E-state index in [0.29, 0.717) is 19.6 Å². The van der Waals surface area contributed by atoms with Crippen LogP contribution in [0.3, 0.4) is 0 Å². The summed E-state index contributed by atoms with van der Waals surface area (Å²) in [4.78, 5) is 28.4. The van der Waals surface area contributed by atoms with E-state index in [9.17, 15) is 14.7 Å². The summed E-state index contributed by atoms with van der Waals surface area (Å²) in [6.45, 7) is 1.29. The van der Waals surface area contributed by atoms with Gasteiger partial charge in [0.15, 0.2) is 0 Å². The molecule has 0 bridgehead atoms. The molecule has 1 aliphatic rings. The van der Waals surface area contributed by atoms with Crippen LogP contribution >= 0.6 is 0 Å². The molecule has 2 aromatic carbocycles. The van der Waals surface area contributed by atoms with Crippen LogP contribution in [0.25, 0.3) is 0 Å². The standard InChI is InChI=1S/C20H22N2O3/c23-13-12-22(14-16-6-2-1-3-7-16)20(25)19(24)21-11-10-17-8-4-5-9-18(17)15-21/h1-9,23H,10-15H2. The third kappa shape index (κ3) is 4.06. The Kier molecular flexibility index (Phi) is 5.46. The molecule has 0 saturated heterocycles. The van der Waals surface area contributed by atoms with Gasteiger partial charge in [-0.3, -0.25) is 9.59 Å². The Balaban J connectivity index is 1.70. The normalized spacial score (nSPS) is 13.2. The number of hydrogen-bond acceptors (Lipinski definition) is 3. The third-order valence-electron chi connectivity index (χ3n) is 4.47. The van der Waals surface area contributed by atoms with E-state index in [2.05, 4.69) is 6.07 Å². The maximum absolute atomic E-state index is 12.7. The lowest BCUT2D eigenvalue weighted by Gasteiger charge is -2.30. The summed E-state index contributed by atoms with van der Waals surface area (Å²) in [5.74, 6) is -1.06. The minimum absolute atomic E-state index is 0.143. The molecule has 0 atom stereocenters. The maximum Gasteiger partial charge on any atom is 0.312 e. The van der Waals surface area contributed by atoms with Crippen molar-refractivity contribution in [2.45, 2.75) is 19.5 Å². The van der Waals surface area contributed by atoms with E-state index >= 15 is 0 Å². The molecule has 1 heterocycles. The van der Waals surface area contributed by atoms with Crippen molar-refractivity contribution < 1.29 is 14.7 Å². The van der Waals surface area contributed by atoms with Crippen LogP contribution in [0.15, 0.2) is 54.6 Å². The lowest BCUT2D eigenvalue weighted by Crippen LogP contribution is -2.47. The van der Waals surface area contributed by atoms with Gasteiger partial charge in [0.25, 0.3) is 0 Å². The van der Waals surface area contributed by atoms with Gasteiger partial charge in [0.05, 0.1) is 6.61 Å². The smallest absolute Gasteiger partial charge is 0.312 e. The van der Waals surface area contributed by atoms with Crippen LogP contribution in [0.1, 0.15) is 16.7 Å². The quantitative estimate of drug-likeness (QED) is 0.862. The van der Waals surface area contributed by atoms with Gasteiger partial charge in [-0.05, 0) is 23.1 Å². The minimum atomic E-state index is -0.558. The Morgan fingerprint density at radius 2 is 1.68 bits per heavy atom. The summed E-state index contributed by atoms with van der Waals surface area (Å²) in [5, 5.41) is 9.27. The van der Waals surface area contributed by atoms with E-state index in [1.807, 2.05) is 48.5 Å². The molecular formula is C20H22N2O3. The fraction of sp³-hybridized carbons (Fsp3) is 0.300. The molecule has 130 valence electrons. The van der Waals surface area contributed by atoms with Gasteiger partial charge in [-0.15, -0.1) is 0 Å². The highest BCUT2D eigenvalue weighted by Gasteiger charge is 2.29. The molecule has 2 amide bonds. The summed E-state index contributed by atoms with van der Waals surface area (Å²) in [7, 11) is 0. The number of benzene rings is 2. The molecule has 1 N–H and O–H groups in total. The van der Waals surface area contributed by atoms with E-state index in [1.54, 1.807) is 4.90 Å². The zero-order chi connectivity index (χ0) is 17.6. The molecule has 0 aromatic heterocycles. The van der Waals surface area contributed by atoms with Gasteiger partial charge in [-0.25, -0.2) is 0 Å². The highest BCUT2D eigenvalue weighted by molar-refractivity contribution is 6.34. The molecule has 5 nitrogen and oxygen atoms in total. The predicted molar refractivity (Wildman–Crippen MR) is 94.5 cm³/mol. The van der Waals surface area contributed by atoms with E-state index in [-0.39, 0.29) is 13.2 Å². The van der Waals surface area contributed by atoms with Crippen molar-refractivity contribution in [3.05, 3.63) is 71.3 Å². The number of aliphatic hydroxyl groups excluding tert-OH is 1. The zero-order valence-corrected chi connectivity index (χ0v) is 14.1. The molecule has 0 radical (unpaired) electrons. The van der Waals surface area contributed by atoms with Crippen LogP contribution in [-0.2, 0) is 29.1 Å². The van der Waals surface area contributed by atoms with E-state index in [0.717, 1.165) is 17.5 Å². The van der Waals surface area contributed by atoms with Crippen LogP contribution in [0.2, 0.25) is 0 Å². The molecule has 25 heavy (non-hydrogen) atoms. The predicted octanol–water partition coefficient (Wildman–Crippen LogP) is 1.59. The number of hydrogen-bond donors (Lipinski definition) is 1. The summed E-state index contributed by atoms with van der Waals surface area (Å²) in [6.07, 6.45) is 0.758. The van der Waals surface area contributed by atoms with Crippen molar-refractivity contribution in [1.82, 2.24) is 9.80 Å². The van der Waals surface area contributed by atoms with Crippen LogP contribution in [0.5, 0.6) is 0 Å². The fourth-order valence-electron chi connectivity index (χ4n) is 3.12. The summed E-state index contributed by atoms with van der Waals surface area (Å²) in [5.41, 5.74) is 3.25. The molecule has 3 rings (SSSR count). The SMILES string of the molecule is O=C(C(=O)N1CCc2ccccc2C1)N(CCO)Cc1ccccc1. The van der Waals surface area contributed by atoms with E-state index in [4.69, 9.17) is 0 Å². The molecule has 2 aromatic rings. The van der Waals surface area contributed by atoms with Gasteiger partial charge < -0.3 is 14.9 Å². The van der Waals surface area contributed by atoms with Crippen molar-refractivity contribution >= 4 is 11.8 Å². The number of fused-ring (bicyclic) bond motifs is 1. The van der Waals surface area contributed by atoms with E-state index in [1.165, 1.54) is 10.5 Å². The van der Waals surface area contributed by atoms with Crippen LogP contribution in [0, 0.1) is 0 Å². The second kappa shape index (κ2) is 7.94. The molecule has 0 spiro atoms. The summed E-state index contributed by atoms with van der Waals surface area (Å²) in [6, 6.07) is 17.5. The van der Waals surface area contributed by atoms with Crippen molar-refractivity contribution in [1.29, 1.82) is 0 Å². The number of carbonyl (C=O) groups is 2. The van der Waals surface area contributed by atoms with Gasteiger partial charge in [0, 0.05) is 26.2 Å². The lowest BCUT2D eigenvalue weighted by molar-refractivity contribution is -0.153. The number of rotatable bonds is 4. The van der Waals surface area contributed by atoms with E-state index < -0.39 is 11.8 Å². The highest BCUT2D eigenvalue weighted by atomic mass is 16.3. The second-order valence-corrected chi connectivity index (χ2v) is 6.18. The first-order valence-corrected chi connectivity index (χ1v) is 8.49. The Morgan fingerprint density at radius 1 is 1.00 bits per heavy atom. The molecule has 0 fully saturated rings. The molecular weight excluding hydrogens is 316 g/mol. The van der Waals surface area contributed by atoms with Crippen molar-refractivity contribution in [2.75, 3.05) is 19.7 Å². The third-order valence-corrected chi connectivity index (χ3v) is 4.47. The molecule has 0 aliphatic carbocycles. The zero-order valence-electron chi connectivity index (χ0n) is 14.1. The maximum atomic E-state index is 12.7. The topological polar surface area (TPSA) is 60.9 Å². The first-order chi connectivity index (χ1) is 12.2. The van der Waals surface area contributed by atoms with Gasteiger partial charge in [-0.2, -0.15) is 0 Å². The largest absolute Gasteiger partial charge is 0.395 e. The lowest BCUT2D eigenvalue weighted by atomic mass is 10.00. The van der Waals surface area contributed by atoms with Gasteiger partial charge in [0.1, 0.15) is 0 Å². The highest BCUT2D eigenvalue weighted by Crippen LogP contribution is 2.19. The van der Waals surface area contributed by atoms with Crippen LogP contribution in [-0.4, -0.2) is 46.4 Å². The molecule has 0 unspecified atom stereocenters. The Hall–Kier alpha value is -2.66. The number of amides is 2. The average molecular weight is 338 g/mol. The Morgan fingerprint density at radius 3 is 2.40 bits per heavy atom. The average Bonchev–Trinajstić information content (AvgIpc) is 2.67. The molecule has 1 aliphatic heterocycles. The van der Waals surface area contributed by atoms with Crippen molar-refractivity contribution in [2.24, 2.45) is 0 Å². The monoisotopic (exact) mass is 338 g/mol. The molecule has 5 heteroatoms. The summed E-state index contributed by atoms with van der Waals surface area (Å²) >= 11 is 0. The number of carbonyl (C=O) groups excluding carboxylic acids is 2. The second-order valence-electron chi connectivity index (χ2n) is 6.18. The molecule has 0 saturated carbocycles. The van der Waals surface area contributed by atoms with Gasteiger partial charge in [-0.1, -0.05) is 54.6 Å². The Labute approximate surface area is 147 Å². The minimum Gasteiger partial charge on any atom is -0.395 e. The van der Waals surface area contributed by atoms with Gasteiger partial charge >= 0.3 is 11.8 Å². The van der Waals surface area contributed by atoms with Crippen LogP contribution < -0.4 is 0 Å². The van der Waals surface area contributed by atoms with Gasteiger partial charge in [0.2, 0.25) is 0 Å². The van der Waals surface area contributed by atoms with Crippen LogP contribution in [0.4, 0.5) is 0 Å². The Bertz CT molecular complexity index is 746. The fourth-order valence-corrected chi connectivity index (χ4v) is 3.12.